The Labute approximate surface area is 111 Å². The molecule has 0 spiro atoms. The van der Waals surface area contributed by atoms with Crippen molar-refractivity contribution in [3.8, 4) is 0 Å². The van der Waals surface area contributed by atoms with Gasteiger partial charge in [-0.2, -0.15) is 0 Å². The molecule has 4 heteroatoms. The molecule has 0 aliphatic heterocycles. The molecule has 0 saturated heterocycles. The van der Waals surface area contributed by atoms with Gasteiger partial charge in [-0.25, -0.2) is 4.39 Å². The number of aryl methyl sites for hydroxylation is 1. The SMILES string of the molecule is Cc1cc2c(cc1F)[nH]c(=S)n2C1(C)CCCC1. The molecular formula is C14H17FN2S. The zero-order valence-electron chi connectivity index (χ0n) is 10.7. The molecule has 1 N–H and O–H groups in total. The summed E-state index contributed by atoms with van der Waals surface area (Å²) in [7, 11) is 0. The molecule has 0 amide bonds. The van der Waals surface area contributed by atoms with E-state index in [0.29, 0.717) is 10.3 Å². The third kappa shape index (κ3) is 1.62. The Morgan fingerprint density at radius 1 is 1.33 bits per heavy atom. The second kappa shape index (κ2) is 3.92. The van der Waals surface area contributed by atoms with Gasteiger partial charge in [0.1, 0.15) is 5.82 Å². The summed E-state index contributed by atoms with van der Waals surface area (Å²) in [5, 5.41) is 0. The first-order valence-corrected chi connectivity index (χ1v) is 6.83. The molecule has 0 bridgehead atoms. The van der Waals surface area contributed by atoms with Crippen LogP contribution in [0, 0.1) is 17.5 Å². The maximum absolute atomic E-state index is 13.6. The molecule has 1 fully saturated rings. The van der Waals surface area contributed by atoms with Gasteiger partial charge in [0.2, 0.25) is 0 Å². The Morgan fingerprint density at radius 2 is 2.00 bits per heavy atom. The minimum atomic E-state index is -0.178. The standard InChI is InChI=1S/C14H17FN2S/c1-9-7-12-11(8-10(9)15)16-13(18)17(12)14(2)5-3-4-6-14/h7-8H,3-6H2,1-2H3,(H,16,18). The number of nitrogens with zero attached hydrogens (tertiary/aromatic N) is 1. The predicted octanol–water partition coefficient (Wildman–Crippen LogP) is 4.44. The second-order valence-corrected chi connectivity index (χ2v) is 5.97. The first-order valence-electron chi connectivity index (χ1n) is 6.43. The van der Waals surface area contributed by atoms with E-state index < -0.39 is 0 Å². The lowest BCUT2D eigenvalue weighted by molar-refractivity contribution is 0.335. The molecule has 0 radical (unpaired) electrons. The Bertz CT molecular complexity index is 662. The van der Waals surface area contributed by atoms with E-state index in [4.69, 9.17) is 12.2 Å². The van der Waals surface area contributed by atoms with E-state index >= 15 is 0 Å². The van der Waals surface area contributed by atoms with Gasteiger partial charge in [-0.05, 0) is 56.6 Å². The van der Waals surface area contributed by atoms with Gasteiger partial charge < -0.3 is 9.55 Å². The van der Waals surface area contributed by atoms with Gasteiger partial charge in [0.15, 0.2) is 4.77 Å². The molecule has 1 aliphatic rings. The second-order valence-electron chi connectivity index (χ2n) is 5.59. The summed E-state index contributed by atoms with van der Waals surface area (Å²) >= 11 is 5.43. The lowest BCUT2D eigenvalue weighted by Gasteiger charge is -2.26. The quantitative estimate of drug-likeness (QED) is 0.755. The fraction of sp³-hybridized carbons (Fsp3) is 0.500. The van der Waals surface area contributed by atoms with Crippen LogP contribution in [0.1, 0.15) is 38.2 Å². The summed E-state index contributed by atoms with van der Waals surface area (Å²) in [6, 6.07) is 3.45. The van der Waals surface area contributed by atoms with Crippen molar-refractivity contribution in [2.75, 3.05) is 0 Å². The highest BCUT2D eigenvalue weighted by atomic mass is 32.1. The fourth-order valence-corrected chi connectivity index (χ4v) is 3.56. The summed E-state index contributed by atoms with van der Waals surface area (Å²) in [5.41, 5.74) is 2.59. The van der Waals surface area contributed by atoms with Crippen molar-refractivity contribution in [3.63, 3.8) is 0 Å². The number of benzene rings is 1. The molecule has 2 aromatic rings. The van der Waals surface area contributed by atoms with E-state index in [2.05, 4.69) is 16.5 Å². The van der Waals surface area contributed by atoms with Gasteiger partial charge in [0, 0.05) is 5.54 Å². The topological polar surface area (TPSA) is 20.7 Å². The van der Waals surface area contributed by atoms with E-state index in [1.807, 2.05) is 6.07 Å². The molecule has 2 nitrogen and oxygen atoms in total. The van der Waals surface area contributed by atoms with E-state index in [0.717, 1.165) is 23.9 Å². The molecule has 0 unspecified atom stereocenters. The van der Waals surface area contributed by atoms with Gasteiger partial charge in [0.25, 0.3) is 0 Å². The molecule has 1 aromatic carbocycles. The number of nitrogens with one attached hydrogen (secondary N) is 1. The minimum absolute atomic E-state index is 0.0829. The zero-order chi connectivity index (χ0) is 12.9. The average Bonchev–Trinajstić information content (AvgIpc) is 2.84. The van der Waals surface area contributed by atoms with E-state index in [-0.39, 0.29) is 11.4 Å². The number of aromatic nitrogens is 2. The van der Waals surface area contributed by atoms with Crippen molar-refractivity contribution < 1.29 is 4.39 Å². The minimum Gasteiger partial charge on any atom is -0.330 e. The number of hydrogen-bond acceptors (Lipinski definition) is 1. The van der Waals surface area contributed by atoms with E-state index in [9.17, 15) is 4.39 Å². The zero-order valence-corrected chi connectivity index (χ0v) is 11.5. The number of aromatic amines is 1. The maximum atomic E-state index is 13.6. The summed E-state index contributed by atoms with van der Waals surface area (Å²) in [6.45, 7) is 4.05. The van der Waals surface area contributed by atoms with Crippen LogP contribution in [0.4, 0.5) is 4.39 Å². The van der Waals surface area contributed by atoms with Crippen LogP contribution < -0.4 is 0 Å². The van der Waals surface area contributed by atoms with Gasteiger partial charge in [0.05, 0.1) is 11.0 Å². The van der Waals surface area contributed by atoms with Crippen molar-refractivity contribution >= 4 is 23.3 Å². The first-order chi connectivity index (χ1) is 8.51. The largest absolute Gasteiger partial charge is 0.330 e. The summed E-state index contributed by atoms with van der Waals surface area (Å²) < 4.78 is 16.5. The van der Waals surface area contributed by atoms with Gasteiger partial charge in [-0.3, -0.25) is 0 Å². The van der Waals surface area contributed by atoms with Crippen LogP contribution in [0.5, 0.6) is 0 Å². The monoisotopic (exact) mass is 264 g/mol. The van der Waals surface area contributed by atoms with Crippen molar-refractivity contribution in [2.45, 2.75) is 45.1 Å². The number of H-pyrrole nitrogens is 1. The first kappa shape index (κ1) is 11.9. The maximum Gasteiger partial charge on any atom is 0.178 e. The van der Waals surface area contributed by atoms with Crippen molar-refractivity contribution in [2.24, 2.45) is 0 Å². The highest BCUT2D eigenvalue weighted by Gasteiger charge is 2.32. The third-order valence-electron chi connectivity index (χ3n) is 4.18. The Balaban J connectivity index is 2.32. The number of imidazole rings is 1. The van der Waals surface area contributed by atoms with E-state index in [1.54, 1.807) is 13.0 Å². The molecule has 0 atom stereocenters. The Morgan fingerprint density at radius 3 is 2.67 bits per heavy atom. The lowest BCUT2D eigenvalue weighted by Crippen LogP contribution is -2.26. The van der Waals surface area contributed by atoms with Gasteiger partial charge in [-0.15, -0.1) is 0 Å². The smallest absolute Gasteiger partial charge is 0.178 e. The fourth-order valence-electron chi connectivity index (χ4n) is 3.13. The van der Waals surface area contributed by atoms with Crippen LogP contribution in [0.25, 0.3) is 11.0 Å². The molecule has 1 aromatic heterocycles. The molecule has 18 heavy (non-hydrogen) atoms. The highest BCUT2D eigenvalue weighted by Crippen LogP contribution is 2.38. The van der Waals surface area contributed by atoms with E-state index in [1.165, 1.54) is 12.8 Å². The van der Waals surface area contributed by atoms with Crippen LogP contribution in [0.15, 0.2) is 12.1 Å². The molecular weight excluding hydrogens is 247 g/mol. The number of rotatable bonds is 1. The summed E-state index contributed by atoms with van der Waals surface area (Å²) in [5.74, 6) is -0.178. The van der Waals surface area contributed by atoms with Crippen molar-refractivity contribution in [3.05, 3.63) is 28.3 Å². The number of halogens is 1. The predicted molar refractivity (Wildman–Crippen MR) is 73.9 cm³/mol. The molecule has 1 aliphatic carbocycles. The van der Waals surface area contributed by atoms with Gasteiger partial charge >= 0.3 is 0 Å². The van der Waals surface area contributed by atoms with Gasteiger partial charge in [-0.1, -0.05) is 12.8 Å². The summed E-state index contributed by atoms with van der Waals surface area (Å²) in [6.07, 6.45) is 4.77. The highest BCUT2D eigenvalue weighted by molar-refractivity contribution is 7.71. The van der Waals surface area contributed by atoms with Crippen molar-refractivity contribution in [1.29, 1.82) is 0 Å². The number of fused-ring (bicyclic) bond motifs is 1. The van der Waals surface area contributed by atoms with Crippen LogP contribution in [0.3, 0.4) is 0 Å². The molecule has 3 rings (SSSR count). The van der Waals surface area contributed by atoms with Crippen LogP contribution in [-0.2, 0) is 5.54 Å². The van der Waals surface area contributed by atoms with Crippen LogP contribution in [0.2, 0.25) is 0 Å². The Hall–Kier alpha value is -1.16. The third-order valence-corrected chi connectivity index (χ3v) is 4.47. The Kier molecular flexibility index (Phi) is 2.59. The van der Waals surface area contributed by atoms with Crippen LogP contribution >= 0.6 is 12.2 Å². The van der Waals surface area contributed by atoms with Crippen molar-refractivity contribution in [1.82, 2.24) is 9.55 Å². The lowest BCUT2D eigenvalue weighted by atomic mass is 10.00. The average molecular weight is 264 g/mol. The number of hydrogen-bond donors (Lipinski definition) is 1. The molecule has 1 heterocycles. The van der Waals surface area contributed by atoms with Crippen LogP contribution in [-0.4, -0.2) is 9.55 Å². The summed E-state index contributed by atoms with van der Waals surface area (Å²) in [4.78, 5) is 3.13. The molecule has 96 valence electrons. The molecule has 1 saturated carbocycles. The normalized spacial score (nSPS) is 18.6.